The number of amides is 1. The molecule has 6 nitrogen and oxygen atoms in total. The van der Waals surface area contributed by atoms with Crippen molar-refractivity contribution in [3.63, 3.8) is 0 Å². The highest BCUT2D eigenvalue weighted by molar-refractivity contribution is 7.99. The van der Waals surface area contributed by atoms with Gasteiger partial charge in [0.1, 0.15) is 12.4 Å². The fourth-order valence-electron chi connectivity index (χ4n) is 2.72. The monoisotopic (exact) mass is 443 g/mol. The molecule has 158 valence electrons. The van der Waals surface area contributed by atoms with Crippen LogP contribution < -0.4 is 4.74 Å². The van der Waals surface area contributed by atoms with Gasteiger partial charge in [-0.25, -0.2) is 0 Å². The zero-order valence-corrected chi connectivity index (χ0v) is 18.7. The molecule has 0 unspecified atom stereocenters. The molecule has 1 heterocycles. The van der Waals surface area contributed by atoms with Gasteiger partial charge in [0.2, 0.25) is 11.8 Å². The molecule has 0 aliphatic carbocycles. The van der Waals surface area contributed by atoms with Crippen molar-refractivity contribution in [2.24, 2.45) is 0 Å². The average molecular weight is 444 g/mol. The molecule has 0 spiro atoms. The Bertz CT molecular complexity index is 917. The maximum Gasteiger partial charge on any atom is 0.277 e. The predicted octanol–water partition coefficient (Wildman–Crippen LogP) is 4.65. The molecule has 0 saturated heterocycles. The number of ether oxygens (including phenoxy) is 1. The molecule has 1 aromatic heterocycles. The number of hydrogen-bond donors (Lipinski definition) is 0. The second-order valence-electron chi connectivity index (χ2n) is 6.51. The zero-order valence-electron chi connectivity index (χ0n) is 17.1. The molecule has 0 N–H and O–H groups in total. The standard InChI is InChI=1S/C22H25N3O3S2/c1-3-25(21(26)16-30-22-24-23-20(28-22)15-29-2)13-17-9-11-19(12-10-17)27-14-18-7-5-4-6-8-18/h4-12H,3,13-16H2,1-2H3. The molecule has 0 bridgehead atoms. The van der Waals surface area contributed by atoms with E-state index in [2.05, 4.69) is 10.2 Å². The first-order valence-electron chi connectivity index (χ1n) is 9.65. The summed E-state index contributed by atoms with van der Waals surface area (Å²) in [5.74, 6) is 2.38. The van der Waals surface area contributed by atoms with E-state index in [0.717, 1.165) is 16.9 Å². The second kappa shape index (κ2) is 11.7. The molecule has 0 fully saturated rings. The van der Waals surface area contributed by atoms with Crippen molar-refractivity contribution < 1.29 is 13.9 Å². The molecule has 1 amide bonds. The number of benzene rings is 2. The van der Waals surface area contributed by atoms with E-state index >= 15 is 0 Å². The number of nitrogens with zero attached hydrogens (tertiary/aromatic N) is 3. The maximum absolute atomic E-state index is 12.6. The second-order valence-corrected chi connectivity index (χ2v) is 8.30. The number of carbonyl (C=O) groups excluding carboxylic acids is 1. The first-order valence-corrected chi connectivity index (χ1v) is 12.0. The van der Waals surface area contributed by atoms with Crippen LogP contribution in [0.2, 0.25) is 0 Å². The van der Waals surface area contributed by atoms with Crippen LogP contribution in [0, 0.1) is 0 Å². The number of carbonyl (C=O) groups is 1. The topological polar surface area (TPSA) is 68.5 Å². The van der Waals surface area contributed by atoms with E-state index in [1.54, 1.807) is 11.8 Å². The normalized spacial score (nSPS) is 10.7. The third-order valence-corrected chi connectivity index (χ3v) is 5.65. The minimum absolute atomic E-state index is 0.0384. The number of thioether (sulfide) groups is 2. The van der Waals surface area contributed by atoms with Gasteiger partial charge in [0, 0.05) is 13.1 Å². The van der Waals surface area contributed by atoms with Crippen molar-refractivity contribution in [2.45, 2.75) is 31.1 Å². The first-order chi connectivity index (χ1) is 14.7. The summed E-state index contributed by atoms with van der Waals surface area (Å²) in [6.07, 6.45) is 1.97. The summed E-state index contributed by atoms with van der Waals surface area (Å²) in [5.41, 5.74) is 2.19. The molecule has 0 atom stereocenters. The molecule has 0 aliphatic rings. The van der Waals surface area contributed by atoms with Crippen LogP contribution in [0.5, 0.6) is 5.75 Å². The summed E-state index contributed by atoms with van der Waals surface area (Å²) in [6.45, 7) is 3.69. The van der Waals surface area contributed by atoms with Gasteiger partial charge in [-0.2, -0.15) is 11.8 Å². The van der Waals surface area contributed by atoms with Crippen LogP contribution in [0.15, 0.2) is 64.2 Å². The van der Waals surface area contributed by atoms with Crippen molar-refractivity contribution in [1.82, 2.24) is 15.1 Å². The van der Waals surface area contributed by atoms with Gasteiger partial charge < -0.3 is 14.1 Å². The van der Waals surface area contributed by atoms with E-state index in [4.69, 9.17) is 9.15 Å². The Labute approximate surface area is 185 Å². The van der Waals surface area contributed by atoms with Crippen LogP contribution in [0.1, 0.15) is 23.9 Å². The third kappa shape index (κ3) is 6.81. The van der Waals surface area contributed by atoms with Crippen LogP contribution >= 0.6 is 23.5 Å². The number of rotatable bonds is 11. The highest BCUT2D eigenvalue weighted by Gasteiger charge is 2.15. The first kappa shape index (κ1) is 22.2. The van der Waals surface area contributed by atoms with Gasteiger partial charge in [0.15, 0.2) is 0 Å². The fraction of sp³-hybridized carbons (Fsp3) is 0.318. The quantitative estimate of drug-likeness (QED) is 0.400. The summed E-state index contributed by atoms with van der Waals surface area (Å²) in [6, 6.07) is 17.9. The fourth-order valence-corrected chi connectivity index (χ4v) is 3.77. The van der Waals surface area contributed by atoms with Crippen molar-refractivity contribution in [3.8, 4) is 5.75 Å². The van der Waals surface area contributed by atoms with Crippen LogP contribution in [0.3, 0.4) is 0 Å². The van der Waals surface area contributed by atoms with Gasteiger partial charge in [-0.15, -0.1) is 10.2 Å². The van der Waals surface area contributed by atoms with Gasteiger partial charge in [0.05, 0.1) is 11.5 Å². The lowest BCUT2D eigenvalue weighted by Crippen LogP contribution is -2.31. The average Bonchev–Trinajstić information content (AvgIpc) is 3.23. The summed E-state index contributed by atoms with van der Waals surface area (Å²) in [5, 5.41) is 8.37. The Hall–Kier alpha value is -2.45. The lowest BCUT2D eigenvalue weighted by molar-refractivity contribution is -0.128. The minimum atomic E-state index is 0.0384. The van der Waals surface area contributed by atoms with E-state index < -0.39 is 0 Å². The molecule has 0 aliphatic heterocycles. The largest absolute Gasteiger partial charge is 0.489 e. The Morgan fingerprint density at radius 2 is 1.83 bits per heavy atom. The lowest BCUT2D eigenvalue weighted by Gasteiger charge is -2.20. The Morgan fingerprint density at radius 3 is 2.53 bits per heavy atom. The third-order valence-electron chi connectivity index (χ3n) is 4.31. The van der Waals surface area contributed by atoms with Crippen molar-refractivity contribution >= 4 is 29.4 Å². The molecule has 0 radical (unpaired) electrons. The number of hydrogen-bond acceptors (Lipinski definition) is 7. The SMILES string of the molecule is CCN(Cc1ccc(OCc2ccccc2)cc1)C(=O)CSc1nnc(CSC)o1. The van der Waals surface area contributed by atoms with Gasteiger partial charge in [0.25, 0.3) is 5.22 Å². The van der Waals surface area contributed by atoms with E-state index in [-0.39, 0.29) is 11.7 Å². The van der Waals surface area contributed by atoms with E-state index in [1.165, 1.54) is 11.8 Å². The zero-order chi connectivity index (χ0) is 21.2. The Kier molecular flexibility index (Phi) is 8.65. The number of aromatic nitrogens is 2. The van der Waals surface area contributed by atoms with Gasteiger partial charge >= 0.3 is 0 Å². The van der Waals surface area contributed by atoms with Gasteiger partial charge in [-0.3, -0.25) is 4.79 Å². The molecule has 30 heavy (non-hydrogen) atoms. The molecule has 0 saturated carbocycles. The summed E-state index contributed by atoms with van der Waals surface area (Å²) in [7, 11) is 0. The minimum Gasteiger partial charge on any atom is -0.489 e. The van der Waals surface area contributed by atoms with Gasteiger partial charge in [-0.05, 0) is 36.4 Å². The Morgan fingerprint density at radius 1 is 1.07 bits per heavy atom. The highest BCUT2D eigenvalue weighted by Crippen LogP contribution is 2.20. The van der Waals surface area contributed by atoms with E-state index in [9.17, 15) is 4.79 Å². The van der Waals surface area contributed by atoms with E-state index in [1.807, 2.05) is 72.7 Å². The van der Waals surface area contributed by atoms with Crippen LogP contribution in [0.25, 0.3) is 0 Å². The van der Waals surface area contributed by atoms with Crippen molar-refractivity contribution in [2.75, 3.05) is 18.6 Å². The molecule has 8 heteroatoms. The van der Waals surface area contributed by atoms with Crippen LogP contribution in [-0.4, -0.2) is 39.6 Å². The summed E-state index contributed by atoms with van der Waals surface area (Å²) in [4.78, 5) is 14.4. The lowest BCUT2D eigenvalue weighted by atomic mass is 10.2. The summed E-state index contributed by atoms with van der Waals surface area (Å²) < 4.78 is 11.3. The molecular weight excluding hydrogens is 418 g/mol. The molecule has 2 aromatic carbocycles. The van der Waals surface area contributed by atoms with Crippen LogP contribution in [-0.2, 0) is 23.7 Å². The van der Waals surface area contributed by atoms with E-state index in [0.29, 0.717) is 36.6 Å². The van der Waals surface area contributed by atoms with Crippen molar-refractivity contribution in [3.05, 3.63) is 71.6 Å². The van der Waals surface area contributed by atoms with Crippen molar-refractivity contribution in [1.29, 1.82) is 0 Å². The van der Waals surface area contributed by atoms with Crippen LogP contribution in [0.4, 0.5) is 0 Å². The predicted molar refractivity (Wildman–Crippen MR) is 121 cm³/mol. The highest BCUT2D eigenvalue weighted by atomic mass is 32.2. The Balaban J connectivity index is 1.48. The van der Waals surface area contributed by atoms with Gasteiger partial charge in [-0.1, -0.05) is 54.2 Å². The molecule has 3 aromatic rings. The molecule has 3 rings (SSSR count). The maximum atomic E-state index is 12.6. The summed E-state index contributed by atoms with van der Waals surface area (Å²) >= 11 is 2.89. The smallest absolute Gasteiger partial charge is 0.277 e. The molecular formula is C22H25N3O3S2.